The number of hydrogen-bond donors (Lipinski definition) is 0. The summed E-state index contributed by atoms with van der Waals surface area (Å²) in [6.07, 6.45) is 37.0. The summed E-state index contributed by atoms with van der Waals surface area (Å²) in [7, 11) is 0. The van der Waals surface area contributed by atoms with Crippen molar-refractivity contribution < 1.29 is 28.7 Å². The van der Waals surface area contributed by atoms with E-state index >= 15 is 0 Å². The van der Waals surface area contributed by atoms with Gasteiger partial charge >= 0.3 is 11.9 Å². The lowest BCUT2D eigenvalue weighted by Crippen LogP contribution is -2.48. The summed E-state index contributed by atoms with van der Waals surface area (Å²) in [5.74, 6) is -1.98. The first-order chi connectivity index (χ1) is 29.4. The second-order valence-corrected chi connectivity index (χ2v) is 17.4. The molecular weight excluding hydrogens is 747 g/mol. The number of amides is 2. The van der Waals surface area contributed by atoms with Crippen molar-refractivity contribution in [1.29, 1.82) is 0 Å². The van der Waals surface area contributed by atoms with Gasteiger partial charge in [-0.25, -0.2) is 0 Å². The fourth-order valence-corrected chi connectivity index (χ4v) is 9.15. The molecule has 2 aliphatic rings. The summed E-state index contributed by atoms with van der Waals surface area (Å²) in [5.41, 5.74) is 0.788. The van der Waals surface area contributed by atoms with Crippen LogP contribution in [0.3, 0.4) is 0 Å². The van der Waals surface area contributed by atoms with Gasteiger partial charge in [0.25, 0.3) is 11.8 Å². The van der Waals surface area contributed by atoms with Crippen LogP contribution >= 0.6 is 0 Å². The van der Waals surface area contributed by atoms with E-state index in [0.717, 1.165) is 66.5 Å². The van der Waals surface area contributed by atoms with Crippen LogP contribution in [0.2, 0.25) is 0 Å². The van der Waals surface area contributed by atoms with Crippen LogP contribution in [-0.2, 0) is 19.1 Å². The Morgan fingerprint density at radius 1 is 0.633 bits per heavy atom. The molecule has 2 amide bonds. The normalized spacial score (nSPS) is 17.3. The maximum absolute atomic E-state index is 13.8. The molecule has 0 bridgehead atoms. The minimum Gasteiger partial charge on any atom is -0.465 e. The Morgan fingerprint density at radius 2 is 1.12 bits per heavy atom. The highest BCUT2D eigenvalue weighted by molar-refractivity contribution is 6.23. The lowest BCUT2D eigenvalue weighted by Gasteiger charge is -2.35. The fraction of sp³-hybridized carbons (Fsp3) is 0.585. The number of hydrogen-bond acceptors (Lipinski definition) is 6. The van der Waals surface area contributed by atoms with Gasteiger partial charge in [-0.1, -0.05) is 133 Å². The van der Waals surface area contributed by atoms with Crippen LogP contribution in [0.4, 0.5) is 0 Å². The number of benzene rings is 3. The minimum absolute atomic E-state index is 0.129. The minimum atomic E-state index is -0.582. The molecule has 3 aromatic rings. The Balaban J connectivity index is 0.937. The first-order valence-corrected chi connectivity index (χ1v) is 23.9. The van der Waals surface area contributed by atoms with Crippen molar-refractivity contribution in [1.82, 2.24) is 4.90 Å². The largest absolute Gasteiger partial charge is 0.465 e. The van der Waals surface area contributed by atoms with E-state index in [1.165, 1.54) is 108 Å². The Hall–Kier alpha value is -4.26. The van der Waals surface area contributed by atoms with Gasteiger partial charge in [-0.3, -0.25) is 24.1 Å². The standard InChI is InChI=1S/C53H73NO6/c1-3-4-5-6-7-8-9-10-11-12-13-14-15-16-17-18-19-20-21-22-23-24-25-32-46(60-41(2)55)35-36-59-53(58)47-33-28-29-34-50(47)54-51(56)48-39-44-37-42-30-26-27-31-43(42)38-45(44)40-49(48)52(54)57/h10-11,18-19,26-27,30-31,37-40,46-47,50H,3-9,12-17,20-25,28-29,32-36H2,1-2H3/b11-10-,19-18-/t46-,47-,50-/m1/s1. The molecule has 326 valence electrons. The molecule has 7 heteroatoms. The number of carbonyl (C=O) groups is 4. The zero-order chi connectivity index (χ0) is 42.4. The second kappa shape index (κ2) is 26.2. The molecule has 1 aliphatic carbocycles. The zero-order valence-corrected chi connectivity index (χ0v) is 36.9. The fourth-order valence-electron chi connectivity index (χ4n) is 9.15. The second-order valence-electron chi connectivity index (χ2n) is 17.4. The number of imide groups is 1. The molecule has 0 saturated heterocycles. The van der Waals surface area contributed by atoms with Crippen molar-refractivity contribution >= 4 is 45.3 Å². The first kappa shape index (κ1) is 46.8. The number of allylic oxidation sites excluding steroid dienone is 4. The van der Waals surface area contributed by atoms with Crippen LogP contribution < -0.4 is 0 Å². The average molecular weight is 820 g/mol. The highest BCUT2D eigenvalue weighted by Crippen LogP contribution is 2.37. The molecule has 0 spiro atoms. The molecule has 3 atom stereocenters. The van der Waals surface area contributed by atoms with E-state index in [0.29, 0.717) is 30.4 Å². The van der Waals surface area contributed by atoms with E-state index in [2.05, 4.69) is 43.4 Å². The van der Waals surface area contributed by atoms with E-state index in [1.807, 2.05) is 36.4 Å². The predicted octanol–water partition coefficient (Wildman–Crippen LogP) is 13.9. The smallest absolute Gasteiger partial charge is 0.311 e. The highest BCUT2D eigenvalue weighted by Gasteiger charge is 2.46. The number of fused-ring (bicyclic) bond motifs is 3. The van der Waals surface area contributed by atoms with Crippen molar-refractivity contribution in [2.45, 2.75) is 187 Å². The van der Waals surface area contributed by atoms with Gasteiger partial charge in [0.05, 0.1) is 29.7 Å². The monoisotopic (exact) mass is 820 g/mol. The summed E-state index contributed by atoms with van der Waals surface area (Å²) < 4.78 is 11.4. The van der Waals surface area contributed by atoms with Gasteiger partial charge in [-0.2, -0.15) is 0 Å². The molecule has 0 radical (unpaired) electrons. The van der Waals surface area contributed by atoms with Gasteiger partial charge < -0.3 is 9.47 Å². The molecule has 1 aliphatic heterocycles. The molecule has 1 heterocycles. The zero-order valence-electron chi connectivity index (χ0n) is 36.9. The summed E-state index contributed by atoms with van der Waals surface area (Å²) >= 11 is 0. The summed E-state index contributed by atoms with van der Waals surface area (Å²) in [6, 6.07) is 15.2. The molecule has 7 nitrogen and oxygen atoms in total. The molecule has 1 saturated carbocycles. The number of carbonyl (C=O) groups excluding carboxylic acids is 4. The molecule has 3 aromatic carbocycles. The maximum atomic E-state index is 13.8. The Morgan fingerprint density at radius 3 is 1.63 bits per heavy atom. The van der Waals surface area contributed by atoms with Crippen LogP contribution in [0, 0.1) is 5.92 Å². The van der Waals surface area contributed by atoms with E-state index in [1.54, 1.807) is 0 Å². The molecule has 5 rings (SSSR count). The SMILES string of the molecule is CCCCCCCC/C=C\CCCCCC/C=C\CCCCCCC[C@H](CCOC(=O)[C@@H]1CCCC[C@H]1N1C(=O)c2cc3cc4ccccc4cc3cc2C1=O)OC(C)=O. The van der Waals surface area contributed by atoms with Crippen LogP contribution in [0.15, 0.2) is 72.8 Å². The number of rotatable bonds is 28. The van der Waals surface area contributed by atoms with E-state index < -0.39 is 12.0 Å². The molecule has 1 fully saturated rings. The van der Waals surface area contributed by atoms with Crippen molar-refractivity contribution in [3.63, 3.8) is 0 Å². The summed E-state index contributed by atoms with van der Waals surface area (Å²) in [6.45, 7) is 3.82. The Bertz CT molecular complexity index is 1800. The number of nitrogens with zero attached hydrogens (tertiary/aromatic N) is 1. The van der Waals surface area contributed by atoms with Crippen molar-refractivity contribution in [2.75, 3.05) is 6.61 Å². The van der Waals surface area contributed by atoms with Crippen LogP contribution in [0.1, 0.15) is 195 Å². The third-order valence-corrected chi connectivity index (χ3v) is 12.6. The van der Waals surface area contributed by atoms with Gasteiger partial charge in [0.2, 0.25) is 0 Å². The average Bonchev–Trinajstić information content (AvgIpc) is 3.48. The Kier molecular flexibility index (Phi) is 20.4. The number of ether oxygens (including phenoxy) is 2. The lowest BCUT2D eigenvalue weighted by atomic mass is 9.83. The number of unbranched alkanes of at least 4 members (excludes halogenated alkanes) is 16. The predicted molar refractivity (Wildman–Crippen MR) is 245 cm³/mol. The third kappa shape index (κ3) is 14.7. The van der Waals surface area contributed by atoms with Crippen molar-refractivity contribution in [3.8, 4) is 0 Å². The van der Waals surface area contributed by atoms with Gasteiger partial charge in [0, 0.05) is 13.3 Å². The third-order valence-electron chi connectivity index (χ3n) is 12.6. The maximum Gasteiger partial charge on any atom is 0.311 e. The van der Waals surface area contributed by atoms with Gasteiger partial charge in [-0.05, 0) is 123 Å². The van der Waals surface area contributed by atoms with Gasteiger partial charge in [0.1, 0.15) is 6.10 Å². The Labute approximate surface area is 360 Å². The van der Waals surface area contributed by atoms with Crippen molar-refractivity contribution in [2.24, 2.45) is 5.92 Å². The quantitative estimate of drug-likeness (QED) is 0.0238. The van der Waals surface area contributed by atoms with Crippen LogP contribution in [0.25, 0.3) is 21.5 Å². The lowest BCUT2D eigenvalue weighted by molar-refractivity contribution is -0.154. The van der Waals surface area contributed by atoms with Crippen molar-refractivity contribution in [3.05, 3.63) is 84.0 Å². The van der Waals surface area contributed by atoms with Crippen LogP contribution in [-0.4, -0.2) is 47.4 Å². The van der Waals surface area contributed by atoms with Gasteiger partial charge in [-0.15, -0.1) is 0 Å². The summed E-state index contributed by atoms with van der Waals surface area (Å²) in [5, 5.41) is 3.96. The topological polar surface area (TPSA) is 90.0 Å². The van der Waals surface area contributed by atoms with Gasteiger partial charge in [0.15, 0.2) is 0 Å². The van der Waals surface area contributed by atoms with E-state index in [4.69, 9.17) is 9.47 Å². The van der Waals surface area contributed by atoms with E-state index in [9.17, 15) is 19.2 Å². The molecule has 0 aromatic heterocycles. The first-order valence-electron chi connectivity index (χ1n) is 23.9. The highest BCUT2D eigenvalue weighted by atomic mass is 16.6. The number of esters is 2. The molecule has 60 heavy (non-hydrogen) atoms. The van der Waals surface area contributed by atoms with Crippen LogP contribution in [0.5, 0.6) is 0 Å². The molecule has 0 N–H and O–H groups in total. The molecule has 0 unspecified atom stereocenters. The molecular formula is C53H73NO6. The summed E-state index contributed by atoms with van der Waals surface area (Å²) in [4.78, 5) is 54.4. The van der Waals surface area contributed by atoms with E-state index in [-0.39, 0.29) is 36.5 Å².